The van der Waals surface area contributed by atoms with Crippen LogP contribution < -0.4 is 42.4 Å². The number of nitrogens with zero attached hydrogens (tertiary/aromatic N) is 3. The molecular weight excluding hydrogens is 678 g/mol. The van der Waals surface area contributed by atoms with Crippen LogP contribution in [0.25, 0.3) is 0 Å². The molecular formula is C30H37N9O12. The third kappa shape index (κ3) is 9.83. The van der Waals surface area contributed by atoms with Crippen LogP contribution >= 0.6 is 0 Å². The lowest BCUT2D eigenvalue weighted by molar-refractivity contribution is -0.144. The van der Waals surface area contributed by atoms with Crippen molar-refractivity contribution in [3.8, 4) is 0 Å². The monoisotopic (exact) mass is 715 g/mol. The number of carboxylic acids is 4. The Morgan fingerprint density at radius 3 is 1.88 bits per heavy atom. The van der Waals surface area contributed by atoms with Crippen molar-refractivity contribution >= 4 is 64.7 Å². The Balaban J connectivity index is 1.27. The second-order valence-corrected chi connectivity index (χ2v) is 11.9. The van der Waals surface area contributed by atoms with Gasteiger partial charge < -0.3 is 57.2 Å². The summed E-state index contributed by atoms with van der Waals surface area (Å²) in [4.78, 5) is 106. The Labute approximate surface area is 288 Å². The van der Waals surface area contributed by atoms with Gasteiger partial charge in [0.2, 0.25) is 17.8 Å². The van der Waals surface area contributed by atoms with Gasteiger partial charge in [-0.3, -0.25) is 29.0 Å². The Bertz CT molecular complexity index is 1750. The molecule has 51 heavy (non-hydrogen) atoms. The lowest BCUT2D eigenvalue weighted by Crippen LogP contribution is -2.45. The van der Waals surface area contributed by atoms with Crippen molar-refractivity contribution in [1.29, 1.82) is 0 Å². The smallest absolute Gasteiger partial charge is 0.326 e. The predicted molar refractivity (Wildman–Crippen MR) is 176 cm³/mol. The lowest BCUT2D eigenvalue weighted by atomic mass is 10.1. The van der Waals surface area contributed by atoms with E-state index in [0.717, 1.165) is 5.69 Å². The second-order valence-electron chi connectivity index (χ2n) is 11.9. The lowest BCUT2D eigenvalue weighted by Gasteiger charge is -2.31. The molecule has 0 unspecified atom stereocenters. The van der Waals surface area contributed by atoms with E-state index in [1.54, 1.807) is 12.1 Å². The van der Waals surface area contributed by atoms with E-state index in [1.807, 2.05) is 9.80 Å². The molecule has 11 N–H and O–H groups in total. The number of carboxylic acid groups (broad SMARTS) is 4. The maximum atomic E-state index is 12.9. The van der Waals surface area contributed by atoms with Crippen molar-refractivity contribution in [1.82, 2.24) is 25.9 Å². The summed E-state index contributed by atoms with van der Waals surface area (Å²) in [6.45, 7) is 1.44. The first-order valence-corrected chi connectivity index (χ1v) is 15.7. The number of nitrogens with one attached hydrogen (secondary N) is 5. The minimum Gasteiger partial charge on any atom is -0.481 e. The number of aromatic nitrogens is 2. The molecule has 274 valence electrons. The summed E-state index contributed by atoms with van der Waals surface area (Å²) < 4.78 is 0. The van der Waals surface area contributed by atoms with Gasteiger partial charge in [0.15, 0.2) is 5.82 Å². The Hall–Kier alpha value is -6.41. The van der Waals surface area contributed by atoms with Crippen LogP contribution in [0.2, 0.25) is 0 Å². The van der Waals surface area contributed by atoms with Gasteiger partial charge in [-0.15, -0.1) is 0 Å². The third-order valence-corrected chi connectivity index (χ3v) is 8.23. The van der Waals surface area contributed by atoms with Crippen molar-refractivity contribution in [2.24, 2.45) is 0 Å². The van der Waals surface area contributed by atoms with Gasteiger partial charge in [0.05, 0.1) is 12.7 Å². The number of anilines is 4. The number of carbonyl (C=O) groups is 7. The summed E-state index contributed by atoms with van der Waals surface area (Å²) in [5.74, 6) is -7.80. The number of hydrogen-bond donors (Lipinski definition) is 10. The molecule has 2 aliphatic rings. The number of aliphatic carboxylic acids is 4. The molecule has 4 atom stereocenters. The molecule has 4 rings (SSSR count). The van der Waals surface area contributed by atoms with E-state index in [2.05, 4.69) is 31.2 Å². The van der Waals surface area contributed by atoms with Crippen molar-refractivity contribution in [2.45, 2.75) is 62.7 Å². The zero-order valence-electron chi connectivity index (χ0n) is 27.0. The zero-order valence-corrected chi connectivity index (χ0v) is 27.0. The summed E-state index contributed by atoms with van der Waals surface area (Å²) in [6, 6.07) is 1.67. The standard InChI is InChI=1S/C30H37N9O12/c31-30-36-24-23(26(45)37-30)39-13-38(12-16(39)11-32-24)15-3-1-14(2-4-15)25(44)35-19(29(50)51)6-9-21(41)33-17(27(46)47)5-8-20(40)34-18(28(48)49)7-10-22(42)43/h1-4,16-19H,5-13H2,(H,33,41)(H,34,40)(H,35,44)(H,42,43)(H,46,47)(H,48,49)(H,50,51)(H4,31,32,36,37,45)/t16-,17+,18+,19+/m1/s1. The van der Waals surface area contributed by atoms with Crippen LogP contribution in [-0.4, -0.2) is 116 Å². The van der Waals surface area contributed by atoms with Gasteiger partial charge in [-0.25, -0.2) is 14.4 Å². The van der Waals surface area contributed by atoms with E-state index in [9.17, 15) is 48.6 Å². The van der Waals surface area contributed by atoms with Crippen molar-refractivity contribution in [3.63, 3.8) is 0 Å². The highest BCUT2D eigenvalue weighted by Gasteiger charge is 2.37. The molecule has 1 aromatic heterocycles. The quantitative estimate of drug-likeness (QED) is 0.0861. The number of fused-ring (bicyclic) bond motifs is 3. The van der Waals surface area contributed by atoms with Gasteiger partial charge >= 0.3 is 23.9 Å². The number of hydrogen-bond acceptors (Lipinski definition) is 13. The maximum absolute atomic E-state index is 12.9. The average Bonchev–Trinajstić information content (AvgIpc) is 3.50. The number of rotatable bonds is 17. The van der Waals surface area contributed by atoms with Crippen LogP contribution in [0, 0.1) is 0 Å². The Morgan fingerprint density at radius 1 is 0.824 bits per heavy atom. The minimum absolute atomic E-state index is 0.00241. The zero-order chi connectivity index (χ0) is 37.4. The highest BCUT2D eigenvalue weighted by atomic mass is 16.4. The number of H-pyrrole nitrogens is 1. The van der Waals surface area contributed by atoms with Crippen LogP contribution in [0.5, 0.6) is 0 Å². The molecule has 0 saturated carbocycles. The highest BCUT2D eigenvalue weighted by molar-refractivity contribution is 5.97. The fraction of sp³-hybridized carbons (Fsp3) is 0.433. The predicted octanol–water partition coefficient (Wildman–Crippen LogP) is -1.82. The molecule has 0 radical (unpaired) electrons. The van der Waals surface area contributed by atoms with Crippen LogP contribution in [0.4, 0.5) is 23.1 Å². The van der Waals surface area contributed by atoms with E-state index in [4.69, 9.17) is 15.9 Å². The molecule has 2 aliphatic heterocycles. The van der Waals surface area contributed by atoms with E-state index in [1.165, 1.54) is 12.1 Å². The van der Waals surface area contributed by atoms with Gasteiger partial charge in [-0.05, 0) is 43.5 Å². The van der Waals surface area contributed by atoms with E-state index >= 15 is 0 Å². The molecule has 21 nitrogen and oxygen atoms in total. The largest absolute Gasteiger partial charge is 0.481 e. The van der Waals surface area contributed by atoms with Gasteiger partial charge in [0, 0.05) is 43.6 Å². The average molecular weight is 716 g/mol. The topological polar surface area (TPSA) is 327 Å². The molecule has 21 heteroatoms. The van der Waals surface area contributed by atoms with E-state index in [-0.39, 0.29) is 23.1 Å². The molecule has 1 fully saturated rings. The van der Waals surface area contributed by atoms with E-state index in [0.29, 0.717) is 31.3 Å². The number of aromatic amines is 1. The fourth-order valence-electron chi connectivity index (χ4n) is 5.60. The summed E-state index contributed by atoms with van der Waals surface area (Å²) in [7, 11) is 0. The number of benzene rings is 1. The second kappa shape index (κ2) is 16.3. The first-order chi connectivity index (χ1) is 24.1. The number of nitrogens with two attached hydrogens (primary N) is 1. The summed E-state index contributed by atoms with van der Waals surface area (Å²) in [5.41, 5.74) is 6.52. The van der Waals surface area contributed by atoms with E-state index < -0.39 is 98.2 Å². The van der Waals surface area contributed by atoms with Crippen LogP contribution in [0.3, 0.4) is 0 Å². The first-order valence-electron chi connectivity index (χ1n) is 15.7. The normalized spacial score (nSPS) is 16.4. The third-order valence-electron chi connectivity index (χ3n) is 8.23. The molecule has 3 amide bonds. The fourth-order valence-corrected chi connectivity index (χ4v) is 5.60. The van der Waals surface area contributed by atoms with Crippen LogP contribution in [-0.2, 0) is 28.8 Å². The van der Waals surface area contributed by atoms with Gasteiger partial charge in [0.25, 0.3) is 11.5 Å². The SMILES string of the molecule is Nc1nc2c(c(=O)[nH]1)N1CN(c3ccc(C(=O)N[C@@H](CCC(=O)N[C@@H](CCC(=O)N[C@@H](CCC(=O)O)C(=O)O)C(=O)O)C(=O)O)cc3)C[C@H]1CN2. The molecule has 0 aliphatic carbocycles. The summed E-state index contributed by atoms with van der Waals surface area (Å²) in [6.07, 6.45) is -2.79. The van der Waals surface area contributed by atoms with Crippen LogP contribution in [0.1, 0.15) is 48.9 Å². The number of nitrogen functional groups attached to an aromatic ring is 1. The number of amides is 3. The summed E-state index contributed by atoms with van der Waals surface area (Å²) in [5, 5.41) is 46.8. The van der Waals surface area contributed by atoms with Gasteiger partial charge in [-0.2, -0.15) is 4.98 Å². The van der Waals surface area contributed by atoms with Crippen molar-refractivity contribution < 1.29 is 54.0 Å². The molecule has 3 heterocycles. The summed E-state index contributed by atoms with van der Waals surface area (Å²) >= 11 is 0. The van der Waals surface area contributed by atoms with Gasteiger partial charge in [-0.1, -0.05) is 0 Å². The number of carbonyl (C=O) groups excluding carboxylic acids is 3. The van der Waals surface area contributed by atoms with Gasteiger partial charge in [0.1, 0.15) is 23.8 Å². The first kappa shape index (κ1) is 37.4. The van der Waals surface area contributed by atoms with Crippen molar-refractivity contribution in [3.05, 3.63) is 40.2 Å². The minimum atomic E-state index is -1.58. The highest BCUT2D eigenvalue weighted by Crippen LogP contribution is 2.32. The maximum Gasteiger partial charge on any atom is 0.326 e. The molecule has 1 aromatic carbocycles. The molecule has 1 saturated heterocycles. The molecule has 0 spiro atoms. The Morgan fingerprint density at radius 2 is 1.35 bits per heavy atom. The Kier molecular flexibility index (Phi) is 12.0. The molecule has 2 aromatic rings. The van der Waals surface area contributed by atoms with Crippen molar-refractivity contribution in [2.75, 3.05) is 40.6 Å². The van der Waals surface area contributed by atoms with Crippen LogP contribution in [0.15, 0.2) is 29.1 Å². The molecule has 0 bridgehead atoms.